The number of ether oxygens (including phenoxy) is 1. The van der Waals surface area contributed by atoms with E-state index in [9.17, 15) is 0 Å². The predicted molar refractivity (Wildman–Crippen MR) is 344 cm³/mol. The molecule has 0 bridgehead atoms. The Bertz CT molecular complexity index is 4980. The number of nitrogens with zero attached hydrogens (tertiary/aromatic N) is 4. The molecular weight excluding hydrogens is 1220 g/mol. The van der Waals surface area contributed by atoms with Gasteiger partial charge in [-0.15, -0.1) is 29.7 Å². The fraction of sp³-hybridized carbons (Fsp3) is 0.154. The molecule has 4 aromatic heterocycles. The minimum absolute atomic E-state index is 0. The van der Waals surface area contributed by atoms with Crippen LogP contribution < -0.4 is 9.30 Å². The molecule has 85 heavy (non-hydrogen) atoms. The van der Waals surface area contributed by atoms with Gasteiger partial charge in [-0.1, -0.05) is 201 Å². The molecule has 5 heterocycles. The molecule has 10 aromatic carbocycles. The van der Waals surface area contributed by atoms with Gasteiger partial charge in [-0.05, 0) is 142 Å². The number of hydrogen-bond acceptors (Lipinski definition) is 3. The van der Waals surface area contributed by atoms with E-state index in [4.69, 9.17) is 14.1 Å². The van der Waals surface area contributed by atoms with Gasteiger partial charge in [0.1, 0.15) is 17.0 Å². The van der Waals surface area contributed by atoms with E-state index < -0.39 is 0 Å². The van der Waals surface area contributed by atoms with E-state index in [1.807, 2.05) is 36.5 Å². The SMILES string of the molecule is CC(C)(C)c1cc(-c2cccc3c2-[n+]2[c-]n(-c4[c-]c(Oc5[c-]c6c(cc5)c5ccccc5n6-c5cc(C(C)(C)C)ccn5)ccc4)c4cccc(c42)-c2ccccc2-c2ccc(-c4ccc5oc6ccccc6c5c4)cc2-3)cc(C(C)(C)C)c1.[Pt]. The minimum Gasteiger partial charge on any atom is -0.510 e. The van der Waals surface area contributed by atoms with Crippen LogP contribution in [-0.4, -0.2) is 14.1 Å². The standard InChI is InChI=1S/C78H62N4O2.Pt/c1-76(2,3)51-37-38-79-73(44-51)82-68-28-14-12-23-61(68)62-35-33-56(46-70(62)82)83-55-20-16-19-54(45-55)80-47-81-74-57(50-39-52(77(4,5)6)43-53(40-50)78(7,8)9)25-17-26-65(74)66-41-48(49-32-36-72-67(42-49)63-24-13-15-30-71(63)84-72)31-34-60(66)58-21-10-11-22-59(58)64-27-18-29-69(80)75(64)81;/h10-44H,1-9H3;/q-2;. The van der Waals surface area contributed by atoms with Crippen molar-refractivity contribution in [3.05, 3.63) is 248 Å². The van der Waals surface area contributed by atoms with Gasteiger partial charge >= 0.3 is 0 Å². The first kappa shape index (κ1) is 53.9. The number of pyridine rings is 1. The van der Waals surface area contributed by atoms with Crippen LogP contribution >= 0.6 is 0 Å². The molecule has 0 N–H and O–H groups in total. The molecule has 0 unspecified atom stereocenters. The summed E-state index contributed by atoms with van der Waals surface area (Å²) in [6.07, 6.45) is 5.94. The van der Waals surface area contributed by atoms with Crippen LogP contribution in [0.4, 0.5) is 0 Å². The normalized spacial score (nSPS) is 12.4. The van der Waals surface area contributed by atoms with Gasteiger partial charge < -0.3 is 18.3 Å². The molecule has 0 radical (unpaired) electrons. The van der Waals surface area contributed by atoms with Crippen molar-refractivity contribution in [3.8, 4) is 84.3 Å². The molecule has 0 saturated heterocycles. The quantitative estimate of drug-likeness (QED) is 0.123. The third-order valence-corrected chi connectivity index (χ3v) is 17.1. The van der Waals surface area contributed by atoms with E-state index in [0.717, 1.165) is 128 Å². The molecule has 6 nitrogen and oxygen atoms in total. The summed E-state index contributed by atoms with van der Waals surface area (Å²) in [4.78, 5) is 4.92. The van der Waals surface area contributed by atoms with Gasteiger partial charge in [0.2, 0.25) is 0 Å². The zero-order valence-electron chi connectivity index (χ0n) is 49.1. The second kappa shape index (κ2) is 20.0. The van der Waals surface area contributed by atoms with Gasteiger partial charge in [0.05, 0.1) is 16.7 Å². The van der Waals surface area contributed by atoms with Crippen molar-refractivity contribution < 1.29 is 34.8 Å². The molecule has 1 aliphatic rings. The predicted octanol–water partition coefficient (Wildman–Crippen LogP) is 20.0. The Hall–Kier alpha value is -9.09. The Kier molecular flexibility index (Phi) is 12.7. The first-order valence-electron chi connectivity index (χ1n) is 29.1. The number of hydrogen-bond donors (Lipinski definition) is 0. The molecule has 7 heteroatoms. The topological polar surface area (TPSA) is 49.0 Å². The largest absolute Gasteiger partial charge is 0.510 e. The molecule has 14 aromatic rings. The fourth-order valence-corrected chi connectivity index (χ4v) is 12.6. The molecule has 0 atom stereocenters. The summed E-state index contributed by atoms with van der Waals surface area (Å²) in [5.41, 5.74) is 22.3. The maximum atomic E-state index is 6.85. The first-order valence-corrected chi connectivity index (χ1v) is 29.1. The number of para-hydroxylation sites is 4. The van der Waals surface area contributed by atoms with Crippen LogP contribution in [0.15, 0.2) is 217 Å². The smallest absolute Gasteiger partial charge is 0.268 e. The van der Waals surface area contributed by atoms with Crippen LogP contribution in [0.2, 0.25) is 0 Å². The van der Waals surface area contributed by atoms with E-state index in [2.05, 4.69) is 270 Å². The zero-order valence-corrected chi connectivity index (χ0v) is 51.4. The number of imidazole rings is 1. The van der Waals surface area contributed by atoms with Crippen molar-refractivity contribution in [1.29, 1.82) is 0 Å². The van der Waals surface area contributed by atoms with Crippen LogP contribution in [0.1, 0.15) is 79.0 Å². The van der Waals surface area contributed by atoms with Crippen molar-refractivity contribution >= 4 is 54.8 Å². The maximum Gasteiger partial charge on any atom is 0.268 e. The average Bonchev–Trinajstić information content (AvgIpc) is 1.74. The van der Waals surface area contributed by atoms with Gasteiger partial charge in [0, 0.05) is 55.1 Å². The summed E-state index contributed by atoms with van der Waals surface area (Å²) in [7, 11) is 0. The number of benzene rings is 10. The van der Waals surface area contributed by atoms with Crippen molar-refractivity contribution in [2.75, 3.05) is 0 Å². The number of rotatable bonds is 6. The summed E-state index contributed by atoms with van der Waals surface area (Å²) >= 11 is 0. The molecule has 15 rings (SSSR count). The van der Waals surface area contributed by atoms with Crippen LogP contribution in [0, 0.1) is 18.5 Å². The molecule has 0 aliphatic carbocycles. The molecule has 0 amide bonds. The summed E-state index contributed by atoms with van der Waals surface area (Å²) in [5.74, 6) is 1.97. The molecular formula is C78H62N4O2Pt-2. The van der Waals surface area contributed by atoms with Gasteiger partial charge in [-0.2, -0.15) is 18.2 Å². The maximum absolute atomic E-state index is 6.85. The van der Waals surface area contributed by atoms with Crippen LogP contribution in [0.3, 0.4) is 0 Å². The minimum atomic E-state index is -0.107. The van der Waals surface area contributed by atoms with Crippen LogP contribution in [0.5, 0.6) is 11.5 Å². The second-order valence-electron chi connectivity index (χ2n) is 25.7. The molecule has 0 saturated carbocycles. The van der Waals surface area contributed by atoms with Crippen LogP contribution in [-0.2, 0) is 37.3 Å². The van der Waals surface area contributed by atoms with E-state index in [1.54, 1.807) is 0 Å². The third kappa shape index (κ3) is 9.12. The van der Waals surface area contributed by atoms with Gasteiger partial charge in [0.15, 0.2) is 0 Å². The summed E-state index contributed by atoms with van der Waals surface area (Å²) in [6.45, 7) is 20.6. The van der Waals surface area contributed by atoms with Gasteiger partial charge in [-0.25, -0.2) is 4.98 Å². The molecule has 418 valence electrons. The number of aromatic nitrogens is 4. The van der Waals surface area contributed by atoms with E-state index in [-0.39, 0.29) is 37.3 Å². The molecule has 0 spiro atoms. The second-order valence-corrected chi connectivity index (χ2v) is 25.7. The monoisotopic (exact) mass is 1280 g/mol. The average molecular weight is 1280 g/mol. The van der Waals surface area contributed by atoms with Crippen LogP contribution in [0.25, 0.3) is 128 Å². The Morgan fingerprint density at radius 2 is 1.05 bits per heavy atom. The third-order valence-electron chi connectivity index (χ3n) is 17.1. The summed E-state index contributed by atoms with van der Waals surface area (Å²) in [5, 5.41) is 4.41. The Morgan fingerprint density at radius 3 is 1.84 bits per heavy atom. The van der Waals surface area contributed by atoms with Gasteiger partial charge in [-0.3, -0.25) is 4.57 Å². The molecule has 1 aliphatic heterocycles. The first-order chi connectivity index (χ1) is 40.5. The van der Waals surface area contributed by atoms with E-state index in [0.29, 0.717) is 11.5 Å². The number of furan rings is 1. The van der Waals surface area contributed by atoms with Crippen molar-refractivity contribution in [2.24, 2.45) is 0 Å². The Balaban J connectivity index is 0.00000640. The summed E-state index contributed by atoms with van der Waals surface area (Å²) < 4.78 is 19.9. The Morgan fingerprint density at radius 1 is 0.435 bits per heavy atom. The van der Waals surface area contributed by atoms with Crippen molar-refractivity contribution in [2.45, 2.75) is 78.6 Å². The van der Waals surface area contributed by atoms with E-state index >= 15 is 0 Å². The summed E-state index contributed by atoms with van der Waals surface area (Å²) in [6, 6.07) is 81.9. The fourth-order valence-electron chi connectivity index (χ4n) is 12.6. The van der Waals surface area contributed by atoms with Gasteiger partial charge in [0.25, 0.3) is 6.33 Å². The van der Waals surface area contributed by atoms with E-state index in [1.165, 1.54) is 16.7 Å². The van der Waals surface area contributed by atoms with Crippen molar-refractivity contribution in [3.63, 3.8) is 0 Å². The number of fused-ring (bicyclic) bond motifs is 13. The zero-order chi connectivity index (χ0) is 57.4. The van der Waals surface area contributed by atoms with Crippen molar-refractivity contribution in [1.82, 2.24) is 14.1 Å². The molecule has 0 fully saturated rings. The Labute approximate surface area is 510 Å².